The van der Waals surface area contributed by atoms with Gasteiger partial charge in [-0.15, -0.1) is 0 Å². The van der Waals surface area contributed by atoms with Crippen molar-refractivity contribution in [3.05, 3.63) is 0 Å². The maximum absolute atomic E-state index is 2.00. The molecular formula is C3H12K9+3. The van der Waals surface area contributed by atoms with Crippen molar-refractivity contribution in [1.29, 1.82) is 0 Å². The van der Waals surface area contributed by atoms with Crippen LogP contribution in [0.5, 0.6) is 0 Å². The predicted octanol–water partition coefficient (Wildman–Crippen LogP) is -14.6. The molecule has 0 aliphatic carbocycles. The van der Waals surface area contributed by atoms with Gasteiger partial charge in [-0.25, -0.2) is 0 Å². The van der Waals surface area contributed by atoms with Crippen LogP contribution in [0.3, 0.4) is 0 Å². The predicted molar refractivity (Wildman–Crippen MR) is 43.3 cm³/mol. The molecule has 0 aliphatic rings. The van der Waals surface area contributed by atoms with E-state index >= 15 is 0 Å². The number of hydrogen-bond acceptors (Lipinski definition) is 0. The molecule has 0 heterocycles. The van der Waals surface area contributed by atoms with E-state index in [1.807, 2.05) is 13.8 Å². The summed E-state index contributed by atoms with van der Waals surface area (Å²) in [4.78, 5) is 0. The van der Waals surface area contributed by atoms with Crippen molar-refractivity contribution in [2.75, 3.05) is 0 Å². The number of hydrogen-bond donors (Lipinski definition) is 0. The third-order valence-electron chi connectivity index (χ3n) is 0. The summed E-state index contributed by atoms with van der Waals surface area (Å²) in [5, 5.41) is 0. The van der Waals surface area contributed by atoms with Crippen molar-refractivity contribution in [2.24, 2.45) is 0 Å². The second-order valence-electron chi connectivity index (χ2n) is 0. The molecule has 0 fully saturated rings. The zero-order valence-electron chi connectivity index (χ0n) is 13.0. The summed E-state index contributed by atoms with van der Waals surface area (Å²) >= 11 is 5.00. The molecule has 0 saturated heterocycles. The molecule has 0 aliphatic heterocycles. The molecule has 0 spiro atoms. The third-order valence-corrected chi connectivity index (χ3v) is 0. The Bertz CT molecular complexity index is 18.0. The molecule has 0 aromatic rings. The second kappa shape index (κ2) is 72.5. The second-order valence-corrected chi connectivity index (χ2v) is 0. The molecule has 0 amide bonds. The van der Waals surface area contributed by atoms with Crippen molar-refractivity contribution < 1.29 is 260 Å². The Kier molecular flexibility index (Phi) is 340. The van der Waals surface area contributed by atoms with Crippen LogP contribution in [-0.4, -0.2) is 126 Å². The summed E-state index contributed by atoms with van der Waals surface area (Å²) in [6.07, 6.45) is 0. The quantitative estimate of drug-likeness (QED) is 0.355. The van der Waals surface area contributed by atoms with Gasteiger partial charge in [0.1, 0.15) is 0 Å². The fraction of sp³-hybridized carbons (Fsp3) is 1.00. The Labute approximate surface area is 387 Å². The van der Waals surface area contributed by atoms with Crippen LogP contribution in [0.15, 0.2) is 0 Å². The van der Waals surface area contributed by atoms with E-state index in [0.717, 1.165) is 0 Å². The van der Waals surface area contributed by atoms with E-state index < -0.39 is 0 Å². The van der Waals surface area contributed by atoms with Crippen LogP contribution in [0.1, 0.15) is 24.1 Å². The van der Waals surface area contributed by atoms with Gasteiger partial charge in [0.15, 0.2) is 0 Å². The molecule has 0 aromatic heterocycles. The van der Waals surface area contributed by atoms with Crippen LogP contribution in [0, 0.1) is 0 Å². The monoisotopic (exact) mass is 399 g/mol. The van der Waals surface area contributed by atoms with Crippen LogP contribution in [0.4, 0.5) is 0 Å². The molecule has 0 saturated carbocycles. The van der Waals surface area contributed by atoms with Gasteiger partial charge in [0.2, 0.25) is 0 Å². The first-order valence-corrected chi connectivity index (χ1v) is 35.0. The van der Waals surface area contributed by atoms with E-state index in [2.05, 4.69) is 0 Å². The van der Waals surface area contributed by atoms with Crippen LogP contribution in [0.2, 0.25) is 0 Å². The van der Waals surface area contributed by atoms with Gasteiger partial charge in [0.25, 0.3) is 0 Å². The summed E-state index contributed by atoms with van der Waals surface area (Å²) in [6.45, 7) is 4.00. The normalized spacial score (nSPS) is 1.83. The summed E-state index contributed by atoms with van der Waals surface area (Å²) in [6, 6.07) is 0. The van der Waals surface area contributed by atoms with Crippen molar-refractivity contribution in [3.63, 3.8) is 0 Å². The summed E-state index contributed by atoms with van der Waals surface area (Å²) in [7, 11) is 0. The Morgan fingerprint density at radius 3 is 0.583 bits per heavy atom. The van der Waals surface area contributed by atoms with E-state index in [4.69, 9.17) is 0 Å². The van der Waals surface area contributed by atoms with E-state index in [-0.39, 0.29) is 267 Å². The first-order chi connectivity index (χ1) is 3.00. The molecule has 0 unspecified atom stereocenters. The van der Waals surface area contributed by atoms with Gasteiger partial charge in [0.05, 0.1) is 0 Å². The Morgan fingerprint density at radius 1 is 0.583 bits per heavy atom. The van der Waals surface area contributed by atoms with Crippen LogP contribution in [0.25, 0.3) is 0 Å². The molecular weight excluding hydrogens is 388 g/mol. The average Bonchev–Trinajstić information content (AvgIpc) is 1.81. The standard InChI is InChI=1S/C2H6.CH4.9K.2H/c1-2;;;;;;;;;;;;/h1-2H3;1H4;;;;;;;;;;;/q;;;;;;5*+1;2*-1. The molecule has 9 heteroatoms. The Balaban J connectivity index is -0.000000000833. The minimum absolute atomic E-state index is 0. The fourth-order valence-electron chi connectivity index (χ4n) is 0. The molecule has 0 radical (unpaired) electrons. The van der Waals surface area contributed by atoms with Crippen molar-refractivity contribution in [1.82, 2.24) is 0 Å². The van der Waals surface area contributed by atoms with Crippen molar-refractivity contribution in [2.45, 2.75) is 21.3 Å². The van der Waals surface area contributed by atoms with E-state index in [1.54, 1.807) is 0 Å². The molecule has 0 bridgehead atoms. The summed E-state index contributed by atoms with van der Waals surface area (Å²) < 4.78 is 0. The Morgan fingerprint density at radius 2 is 0.583 bits per heavy atom. The summed E-state index contributed by atoms with van der Waals surface area (Å²) in [5.41, 5.74) is 0. The van der Waals surface area contributed by atoms with Gasteiger partial charge in [-0.3, -0.25) is 0 Å². The topological polar surface area (TPSA) is 0 Å². The van der Waals surface area contributed by atoms with Gasteiger partial charge >= 0.3 is 383 Å². The third kappa shape index (κ3) is 64.2. The molecule has 0 aromatic carbocycles. The van der Waals surface area contributed by atoms with Gasteiger partial charge in [-0.2, -0.15) is 0 Å². The van der Waals surface area contributed by atoms with Crippen LogP contribution in [-0.2, 0) is 0 Å². The first kappa shape index (κ1) is 56.3. The molecule has 0 rings (SSSR count). The molecule has 12 heavy (non-hydrogen) atoms. The zero-order valence-corrected chi connectivity index (χ0v) is 39.1. The maximum atomic E-state index is 2.00. The molecule has 30 valence electrons. The van der Waals surface area contributed by atoms with Crippen LogP contribution >= 0.6 is 0 Å². The van der Waals surface area contributed by atoms with E-state index in [0.29, 0.717) is 0 Å². The van der Waals surface area contributed by atoms with Gasteiger partial charge in [-0.1, -0.05) is 21.3 Å². The van der Waals surface area contributed by atoms with Gasteiger partial charge in [0, 0.05) is 0 Å². The van der Waals surface area contributed by atoms with Gasteiger partial charge in [-0.05, 0) is 0 Å². The Hall–Kier alpha value is 14.7. The van der Waals surface area contributed by atoms with E-state index in [9.17, 15) is 0 Å². The molecule has 0 nitrogen and oxygen atoms in total. The minimum atomic E-state index is 0. The number of rotatable bonds is 0. The summed E-state index contributed by atoms with van der Waals surface area (Å²) in [5.74, 6) is 0. The molecule has 0 atom stereocenters. The first-order valence-electron chi connectivity index (χ1n) is 3.00. The van der Waals surface area contributed by atoms with E-state index in [1.165, 1.54) is 126 Å². The van der Waals surface area contributed by atoms with Crippen molar-refractivity contribution in [3.8, 4) is 0 Å². The SMILES string of the molecule is C.CC.[H-].[H-].[K+].[K+].[K+].[K+].[K+].[K][K].[K][K]. The molecule has 0 N–H and O–H groups in total. The van der Waals surface area contributed by atoms with Gasteiger partial charge < -0.3 is 2.85 Å². The van der Waals surface area contributed by atoms with Crippen molar-refractivity contribution >= 4 is 126 Å². The zero-order chi connectivity index (χ0) is 6.00. The fourth-order valence-corrected chi connectivity index (χ4v) is 0. The average molecular weight is 400 g/mol. The van der Waals surface area contributed by atoms with Crippen LogP contribution < -0.4 is 257 Å².